The molecule has 2 heterocycles. The lowest BCUT2D eigenvalue weighted by Crippen LogP contribution is -3.11. The van der Waals surface area contributed by atoms with Gasteiger partial charge >= 0.3 is 5.97 Å². The maximum absolute atomic E-state index is 12.4. The van der Waals surface area contributed by atoms with Gasteiger partial charge in [-0.05, 0) is 39.5 Å². The number of esters is 1. The molecule has 154 valence electrons. The van der Waals surface area contributed by atoms with Gasteiger partial charge in [-0.1, -0.05) is 13.8 Å². The lowest BCUT2D eigenvalue weighted by molar-refractivity contribution is -1.07. The Hall–Kier alpha value is -0.730. The van der Waals surface area contributed by atoms with Gasteiger partial charge < -0.3 is 19.4 Å². The third-order valence-electron chi connectivity index (χ3n) is 6.92. The van der Waals surface area contributed by atoms with Gasteiger partial charge in [0.2, 0.25) is 0 Å². The maximum Gasteiger partial charge on any atom is 0.309 e. The number of hydroxylamine groups is 2. The van der Waals surface area contributed by atoms with Gasteiger partial charge in [-0.3, -0.25) is 4.79 Å². The van der Waals surface area contributed by atoms with Gasteiger partial charge in [0, 0.05) is 18.3 Å². The zero-order chi connectivity index (χ0) is 19.4. The summed E-state index contributed by atoms with van der Waals surface area (Å²) >= 11 is 0. The van der Waals surface area contributed by atoms with Gasteiger partial charge in [-0.2, -0.15) is 0 Å². The van der Waals surface area contributed by atoms with E-state index in [0.717, 1.165) is 38.5 Å². The van der Waals surface area contributed by atoms with Crippen molar-refractivity contribution in [2.24, 2.45) is 11.3 Å². The Morgan fingerprint density at radius 1 is 1.11 bits per heavy atom. The molecule has 7 atom stereocenters. The van der Waals surface area contributed by atoms with E-state index in [1.165, 1.54) is 0 Å². The molecule has 0 aromatic carbocycles. The molecule has 0 bridgehead atoms. The molecule has 4 aliphatic rings. The molecule has 0 radical (unpaired) electrons. The zero-order valence-electron chi connectivity index (χ0n) is 16.9. The summed E-state index contributed by atoms with van der Waals surface area (Å²) in [5, 5.41) is 12.2. The Bertz CT molecular complexity index is 597. The normalized spacial score (nSPS) is 44.0. The molecule has 7 heteroatoms. The largest absolute Gasteiger partial charge is 0.600 e. The number of rotatable bonds is 7. The highest BCUT2D eigenvalue weighted by molar-refractivity contribution is 5.72. The van der Waals surface area contributed by atoms with Crippen LogP contribution in [0, 0.1) is 16.5 Å². The fraction of sp³-hybridized carbons (Fsp3) is 0.950. The van der Waals surface area contributed by atoms with E-state index in [1.54, 1.807) is 0 Å². The van der Waals surface area contributed by atoms with Crippen molar-refractivity contribution in [3.8, 4) is 0 Å². The van der Waals surface area contributed by atoms with Gasteiger partial charge in [-0.25, -0.2) is 10.1 Å². The molecule has 4 rings (SSSR count). The average Bonchev–Trinajstić information content (AvgIpc) is 3.49. The SMILES string of the molecule is CC(C)(COC(=O)C1CCC2(C)OC2C1)CO[NH+]([O-])C1CCC2(C)OC2C1. The monoisotopic (exact) mass is 383 g/mol. The molecule has 2 aliphatic heterocycles. The lowest BCUT2D eigenvalue weighted by Gasteiger charge is -2.34. The molecule has 0 aromatic rings. The van der Waals surface area contributed by atoms with Crippen molar-refractivity contribution in [1.82, 2.24) is 0 Å². The fourth-order valence-corrected chi connectivity index (χ4v) is 4.53. The van der Waals surface area contributed by atoms with Crippen molar-refractivity contribution >= 4 is 5.97 Å². The first-order valence-electron chi connectivity index (χ1n) is 10.3. The van der Waals surface area contributed by atoms with E-state index >= 15 is 0 Å². The summed E-state index contributed by atoms with van der Waals surface area (Å²) in [5.74, 6) is -0.219. The predicted octanol–water partition coefficient (Wildman–Crippen LogP) is 1.54. The van der Waals surface area contributed by atoms with Crippen molar-refractivity contribution in [1.29, 1.82) is 0 Å². The number of fused-ring (bicyclic) bond motifs is 2. The van der Waals surface area contributed by atoms with Gasteiger partial charge in [0.05, 0.1) is 35.9 Å². The second kappa shape index (κ2) is 6.66. The number of carbonyl (C=O) groups is 1. The summed E-state index contributed by atoms with van der Waals surface area (Å²) < 4.78 is 16.9. The maximum atomic E-state index is 12.4. The molecule has 0 spiro atoms. The number of quaternary nitrogens is 1. The molecule has 0 amide bonds. The van der Waals surface area contributed by atoms with Crippen molar-refractivity contribution in [3.05, 3.63) is 5.21 Å². The first-order valence-corrected chi connectivity index (χ1v) is 10.3. The van der Waals surface area contributed by atoms with Gasteiger partial charge in [0.15, 0.2) is 0 Å². The lowest BCUT2D eigenvalue weighted by atomic mass is 9.83. The number of epoxide rings is 2. The van der Waals surface area contributed by atoms with E-state index in [-0.39, 0.29) is 59.8 Å². The predicted molar refractivity (Wildman–Crippen MR) is 96.6 cm³/mol. The number of hydrogen-bond donors (Lipinski definition) is 1. The van der Waals surface area contributed by atoms with Gasteiger partial charge in [0.25, 0.3) is 0 Å². The molecule has 7 unspecified atom stereocenters. The van der Waals surface area contributed by atoms with Crippen LogP contribution < -0.4 is 5.23 Å². The quantitative estimate of drug-likeness (QED) is 0.408. The van der Waals surface area contributed by atoms with Crippen LogP contribution in [0.1, 0.15) is 66.2 Å². The van der Waals surface area contributed by atoms with Crippen LogP contribution in [0.2, 0.25) is 0 Å². The average molecular weight is 383 g/mol. The minimum absolute atomic E-state index is 0.00627. The van der Waals surface area contributed by atoms with Crippen LogP contribution in [0.3, 0.4) is 0 Å². The summed E-state index contributed by atoms with van der Waals surface area (Å²) in [6, 6.07) is -0.0704. The van der Waals surface area contributed by atoms with Gasteiger partial charge in [0.1, 0.15) is 12.6 Å². The second-order valence-corrected chi connectivity index (χ2v) is 10.2. The van der Waals surface area contributed by atoms with Crippen LogP contribution in [-0.2, 0) is 23.8 Å². The van der Waals surface area contributed by atoms with Crippen LogP contribution >= 0.6 is 0 Å². The molecular formula is C20H33NO6. The summed E-state index contributed by atoms with van der Waals surface area (Å²) in [7, 11) is 0. The van der Waals surface area contributed by atoms with Crippen LogP contribution in [0.5, 0.6) is 0 Å². The first kappa shape index (κ1) is 19.6. The molecule has 4 fully saturated rings. The Morgan fingerprint density at radius 2 is 1.74 bits per heavy atom. The van der Waals surface area contributed by atoms with Crippen molar-refractivity contribution < 1.29 is 29.1 Å². The smallest absolute Gasteiger partial charge is 0.309 e. The Balaban J connectivity index is 1.17. The van der Waals surface area contributed by atoms with Crippen molar-refractivity contribution in [2.75, 3.05) is 13.2 Å². The summed E-state index contributed by atoms with van der Waals surface area (Å²) in [5.41, 5.74) is -0.386. The summed E-state index contributed by atoms with van der Waals surface area (Å²) in [6.07, 6.45) is 5.43. The highest BCUT2D eigenvalue weighted by Crippen LogP contribution is 2.49. The first-order chi connectivity index (χ1) is 12.6. The minimum Gasteiger partial charge on any atom is -0.600 e. The highest BCUT2D eigenvalue weighted by atomic mass is 16.9. The van der Waals surface area contributed by atoms with E-state index in [4.69, 9.17) is 19.0 Å². The Morgan fingerprint density at radius 3 is 2.37 bits per heavy atom. The molecule has 2 aliphatic carbocycles. The molecule has 1 N–H and O–H groups in total. The van der Waals surface area contributed by atoms with E-state index < -0.39 is 5.41 Å². The topological polar surface area (TPSA) is 88.1 Å². The minimum atomic E-state index is -0.399. The Kier molecular flexibility index (Phi) is 4.83. The highest BCUT2D eigenvalue weighted by Gasteiger charge is 2.57. The molecular weight excluding hydrogens is 350 g/mol. The van der Waals surface area contributed by atoms with Gasteiger partial charge in [-0.15, -0.1) is 0 Å². The number of ether oxygens (including phenoxy) is 3. The van der Waals surface area contributed by atoms with E-state index in [1.807, 2.05) is 13.8 Å². The summed E-state index contributed by atoms with van der Waals surface area (Å²) in [4.78, 5) is 17.9. The molecule has 0 aromatic heterocycles. The third-order valence-corrected chi connectivity index (χ3v) is 6.92. The van der Waals surface area contributed by atoms with Crippen LogP contribution in [0.25, 0.3) is 0 Å². The second-order valence-electron chi connectivity index (χ2n) is 10.2. The van der Waals surface area contributed by atoms with Crippen LogP contribution in [0.4, 0.5) is 0 Å². The molecule has 7 nitrogen and oxygen atoms in total. The summed E-state index contributed by atoms with van der Waals surface area (Å²) in [6.45, 7) is 8.65. The number of hydrogen-bond acceptors (Lipinski definition) is 6. The zero-order valence-corrected chi connectivity index (χ0v) is 16.9. The van der Waals surface area contributed by atoms with E-state index in [0.29, 0.717) is 0 Å². The molecule has 27 heavy (non-hydrogen) atoms. The standard InChI is InChI=1S/C20H33NO6/c1-18(2,11-24-17(22)13-5-7-19(3)15(9-13)26-19)12-25-21(23)14-6-8-20(4)16(10-14)27-20/h13-16,21H,5-12H2,1-4H3. The molecule has 2 saturated heterocycles. The number of carbonyl (C=O) groups excluding carboxylic acids is 1. The van der Waals surface area contributed by atoms with Crippen LogP contribution in [-0.4, -0.2) is 48.6 Å². The number of nitrogens with one attached hydrogen (secondary N) is 1. The van der Waals surface area contributed by atoms with Crippen LogP contribution in [0.15, 0.2) is 0 Å². The van der Waals surface area contributed by atoms with E-state index in [2.05, 4.69) is 13.8 Å². The third kappa shape index (κ3) is 4.17. The van der Waals surface area contributed by atoms with Crippen molar-refractivity contribution in [2.45, 2.75) is 95.7 Å². The van der Waals surface area contributed by atoms with E-state index in [9.17, 15) is 10.0 Å². The molecule has 2 saturated carbocycles. The van der Waals surface area contributed by atoms with Crippen molar-refractivity contribution in [3.63, 3.8) is 0 Å². The Labute approximate surface area is 161 Å². The fourth-order valence-electron chi connectivity index (χ4n) is 4.53.